The molecule has 0 aromatic heterocycles. The van der Waals surface area contributed by atoms with Gasteiger partial charge in [0.25, 0.3) is 0 Å². The van der Waals surface area contributed by atoms with Crippen LogP contribution in [0.4, 0.5) is 11.4 Å². The number of benzene rings is 4. The average Bonchev–Trinajstić information content (AvgIpc) is 3.73. The molecule has 0 radical (unpaired) electrons. The first kappa shape index (κ1) is 26.6. The number of hydrogen-bond donors (Lipinski definition) is 0. The van der Waals surface area contributed by atoms with Crippen LogP contribution < -0.4 is 14.5 Å². The molecule has 10 rings (SSSR count). The van der Waals surface area contributed by atoms with E-state index < -0.39 is 5.66 Å². The van der Waals surface area contributed by atoms with Gasteiger partial charge in [-0.3, -0.25) is 0 Å². The van der Waals surface area contributed by atoms with Gasteiger partial charge in [-0.25, -0.2) is 0 Å². The number of fused-ring (bicyclic) bond motifs is 21. The maximum absolute atomic E-state index is 6.72. The number of rotatable bonds is 0. The van der Waals surface area contributed by atoms with Gasteiger partial charge in [0.05, 0.1) is 13.3 Å². The molecule has 3 heterocycles. The summed E-state index contributed by atoms with van der Waals surface area (Å²) in [4.78, 5) is 10.9. The van der Waals surface area contributed by atoms with Crippen molar-refractivity contribution in [3.8, 4) is 22.6 Å². The highest BCUT2D eigenvalue weighted by molar-refractivity contribution is 5.81. The Balaban J connectivity index is 1.31. The van der Waals surface area contributed by atoms with Crippen LogP contribution in [0.5, 0.6) is 11.5 Å². The normalized spacial score (nSPS) is 20.4. The molecule has 4 aromatic carbocycles. The fourth-order valence-electron chi connectivity index (χ4n) is 9.54. The Morgan fingerprint density at radius 1 is 0.522 bits per heavy atom. The van der Waals surface area contributed by atoms with Crippen LogP contribution in [-0.4, -0.2) is 23.1 Å². The van der Waals surface area contributed by atoms with Crippen molar-refractivity contribution in [3.05, 3.63) is 130 Å². The van der Waals surface area contributed by atoms with E-state index in [-0.39, 0.29) is 0 Å². The molecule has 0 unspecified atom stereocenters. The summed E-state index contributed by atoms with van der Waals surface area (Å²) in [7, 11) is 0. The number of anilines is 2. The van der Waals surface area contributed by atoms with Crippen LogP contribution in [0.3, 0.4) is 0 Å². The third-order valence-electron chi connectivity index (χ3n) is 11.3. The molecule has 3 aliphatic carbocycles. The first-order chi connectivity index (χ1) is 22.6. The van der Waals surface area contributed by atoms with Crippen LogP contribution >= 0.6 is 0 Å². The zero-order valence-corrected chi connectivity index (χ0v) is 26.9. The second kappa shape index (κ2) is 9.68. The highest BCUT2D eigenvalue weighted by Gasteiger charge is 2.58. The van der Waals surface area contributed by atoms with E-state index in [2.05, 4.69) is 118 Å². The Hall–Kier alpha value is -4.64. The predicted octanol–water partition coefficient (Wildman–Crippen LogP) is 9.72. The van der Waals surface area contributed by atoms with Crippen LogP contribution in [0.2, 0.25) is 0 Å². The molecule has 4 aromatic rings. The summed E-state index contributed by atoms with van der Waals surface area (Å²) in [6.07, 6.45) is 9.36. The minimum atomic E-state index is -0.452. The Kier molecular flexibility index (Phi) is 5.59. The summed E-state index contributed by atoms with van der Waals surface area (Å²) in [6, 6.07) is 32.2. The highest BCUT2D eigenvalue weighted by atomic mass is 16.5. The van der Waals surface area contributed by atoms with Gasteiger partial charge < -0.3 is 24.3 Å². The summed E-state index contributed by atoms with van der Waals surface area (Å²) in [5.41, 5.74) is 16.0. The van der Waals surface area contributed by atoms with Gasteiger partial charge in [-0.2, -0.15) is 0 Å². The fourth-order valence-corrected chi connectivity index (χ4v) is 9.54. The SMILES string of the molecule is Cc1cc2cc(c1)N1CN(C3=C1CCCC3)C1(c3ccccc3-c3ccccc31)N1CN(C3=C1CCCC3)c1cc(C)cc(c1)O2. The van der Waals surface area contributed by atoms with Crippen LogP contribution in [-0.2, 0) is 5.66 Å². The lowest BCUT2D eigenvalue weighted by Gasteiger charge is -2.51. The standard InChI is InChI=1S/C41H40N4O/c1-27-19-29-23-31(21-27)46-32-22-28(2)20-30(24-32)43-26-45(40-18-10-8-16-38(40)43)41(44-25-42(29)37-15-7-9-17-39(37)44)35-13-5-3-11-33(35)34-12-4-6-14-36(34)41/h3-6,11-14,19-24H,7-10,15-18,25-26H2,1-2H3. The first-order valence-electron chi connectivity index (χ1n) is 17.2. The molecule has 46 heavy (non-hydrogen) atoms. The number of hydrogen-bond acceptors (Lipinski definition) is 5. The maximum atomic E-state index is 6.72. The molecule has 8 bridgehead atoms. The monoisotopic (exact) mass is 604 g/mol. The first-order valence-corrected chi connectivity index (χ1v) is 17.2. The van der Waals surface area contributed by atoms with Gasteiger partial charge in [-0.1, -0.05) is 48.5 Å². The third-order valence-corrected chi connectivity index (χ3v) is 11.3. The second-order valence-electron chi connectivity index (χ2n) is 14.1. The zero-order valence-electron chi connectivity index (χ0n) is 26.9. The van der Waals surface area contributed by atoms with E-state index in [1.165, 1.54) is 93.2 Å². The third kappa shape index (κ3) is 3.57. The molecule has 230 valence electrons. The Bertz CT molecular complexity index is 1860. The number of allylic oxidation sites excluding steroid dienone is 4. The van der Waals surface area contributed by atoms with Crippen molar-refractivity contribution in [2.24, 2.45) is 0 Å². The molecule has 0 N–H and O–H groups in total. The van der Waals surface area contributed by atoms with E-state index >= 15 is 0 Å². The maximum Gasteiger partial charge on any atom is 0.170 e. The molecular formula is C41H40N4O. The molecule has 5 heteroatoms. The van der Waals surface area contributed by atoms with Crippen LogP contribution in [0, 0.1) is 13.8 Å². The van der Waals surface area contributed by atoms with Crippen molar-refractivity contribution < 1.29 is 4.74 Å². The van der Waals surface area contributed by atoms with Gasteiger partial charge in [0.15, 0.2) is 5.66 Å². The van der Waals surface area contributed by atoms with E-state index in [0.717, 1.165) is 50.5 Å². The van der Waals surface area contributed by atoms with E-state index in [9.17, 15) is 0 Å². The van der Waals surface area contributed by atoms with Crippen molar-refractivity contribution in [1.29, 1.82) is 0 Å². The van der Waals surface area contributed by atoms with E-state index in [4.69, 9.17) is 4.74 Å². The second-order valence-corrected chi connectivity index (χ2v) is 14.1. The fraction of sp³-hybridized carbons (Fsp3) is 0.317. The van der Waals surface area contributed by atoms with Gasteiger partial charge in [0, 0.05) is 57.4 Å². The van der Waals surface area contributed by atoms with Crippen molar-refractivity contribution >= 4 is 11.4 Å². The van der Waals surface area contributed by atoms with Crippen molar-refractivity contribution in [1.82, 2.24) is 9.80 Å². The highest BCUT2D eigenvalue weighted by Crippen LogP contribution is 2.60. The van der Waals surface area contributed by atoms with E-state index in [1.807, 2.05) is 0 Å². The van der Waals surface area contributed by atoms with Gasteiger partial charge >= 0.3 is 0 Å². The summed E-state index contributed by atoms with van der Waals surface area (Å²) in [5, 5.41) is 0. The molecule has 0 fully saturated rings. The van der Waals surface area contributed by atoms with Crippen molar-refractivity contribution in [2.75, 3.05) is 23.1 Å². The van der Waals surface area contributed by atoms with Gasteiger partial charge in [0.2, 0.25) is 0 Å². The van der Waals surface area contributed by atoms with Crippen LogP contribution in [0.25, 0.3) is 11.1 Å². The average molecular weight is 605 g/mol. The summed E-state index contributed by atoms with van der Waals surface area (Å²) >= 11 is 0. The lowest BCUT2D eigenvalue weighted by Crippen LogP contribution is -2.57. The molecule has 6 aliphatic rings. The Morgan fingerprint density at radius 3 is 1.43 bits per heavy atom. The lowest BCUT2D eigenvalue weighted by atomic mass is 9.89. The molecular weight excluding hydrogens is 564 g/mol. The van der Waals surface area contributed by atoms with Gasteiger partial charge in [-0.15, -0.1) is 0 Å². The van der Waals surface area contributed by atoms with Gasteiger partial charge in [0.1, 0.15) is 11.5 Å². The summed E-state index contributed by atoms with van der Waals surface area (Å²) in [6.45, 7) is 6.04. The number of aryl methyl sites for hydroxylation is 2. The largest absolute Gasteiger partial charge is 0.457 e. The van der Waals surface area contributed by atoms with Crippen molar-refractivity contribution in [2.45, 2.75) is 70.9 Å². The Morgan fingerprint density at radius 2 is 0.957 bits per heavy atom. The summed E-state index contributed by atoms with van der Waals surface area (Å²) < 4.78 is 6.72. The molecule has 1 spiro atoms. The van der Waals surface area contributed by atoms with Gasteiger partial charge in [-0.05, 0) is 112 Å². The minimum absolute atomic E-state index is 0.452. The van der Waals surface area contributed by atoms with E-state index in [1.54, 1.807) is 0 Å². The topological polar surface area (TPSA) is 22.2 Å². The van der Waals surface area contributed by atoms with Crippen LogP contribution in [0.15, 0.2) is 108 Å². The lowest BCUT2D eigenvalue weighted by molar-refractivity contribution is 0.0264. The minimum Gasteiger partial charge on any atom is -0.457 e. The number of nitrogens with zero attached hydrogens (tertiary/aromatic N) is 4. The number of ether oxygens (including phenoxy) is 1. The smallest absolute Gasteiger partial charge is 0.170 e. The molecule has 0 amide bonds. The predicted molar refractivity (Wildman–Crippen MR) is 184 cm³/mol. The van der Waals surface area contributed by atoms with Crippen LogP contribution in [0.1, 0.15) is 73.6 Å². The summed E-state index contributed by atoms with van der Waals surface area (Å²) in [5.74, 6) is 1.82. The Labute approximate surface area is 272 Å². The molecule has 3 aliphatic heterocycles. The molecule has 0 saturated heterocycles. The molecule has 0 saturated carbocycles. The molecule has 0 atom stereocenters. The quantitative estimate of drug-likeness (QED) is 0.199. The van der Waals surface area contributed by atoms with E-state index in [0.29, 0.717) is 0 Å². The molecule has 5 nitrogen and oxygen atoms in total. The zero-order chi connectivity index (χ0) is 30.6. The van der Waals surface area contributed by atoms with Crippen molar-refractivity contribution in [3.63, 3.8) is 0 Å².